The normalized spacial score (nSPS) is 14.5. The van der Waals surface area contributed by atoms with Crippen LogP contribution < -0.4 is 0 Å². The maximum atomic E-state index is 5.85. The van der Waals surface area contributed by atoms with E-state index < -0.39 is 0 Å². The van der Waals surface area contributed by atoms with E-state index in [2.05, 4.69) is 14.9 Å². The zero-order valence-electron chi connectivity index (χ0n) is 14.3. The van der Waals surface area contributed by atoms with Crippen LogP contribution in [0.15, 0.2) is 65.2 Å². The van der Waals surface area contributed by atoms with Crippen molar-refractivity contribution in [2.24, 2.45) is 0 Å². The zero-order chi connectivity index (χ0) is 17.3. The molecule has 0 aliphatic carbocycles. The number of hydrogen-bond acceptors (Lipinski definition) is 5. The fraction of sp³-hybridized carbons (Fsp3) is 0.190. The van der Waals surface area contributed by atoms with E-state index in [1.165, 1.54) is 5.56 Å². The van der Waals surface area contributed by atoms with Gasteiger partial charge in [0, 0.05) is 36.8 Å². The molecule has 0 fully saturated rings. The molecule has 5 nitrogen and oxygen atoms in total. The number of rotatable bonds is 3. The van der Waals surface area contributed by atoms with Crippen molar-refractivity contribution in [2.75, 3.05) is 6.54 Å². The number of oxazole rings is 1. The monoisotopic (exact) mass is 342 g/mol. The molecule has 0 atom stereocenters. The smallest absolute Gasteiger partial charge is 0.209 e. The molecule has 0 bridgehead atoms. The van der Waals surface area contributed by atoms with E-state index in [0.29, 0.717) is 6.54 Å². The molecule has 2 aromatic heterocycles. The van der Waals surface area contributed by atoms with Gasteiger partial charge in [-0.25, -0.2) is 15.0 Å². The Kier molecular flexibility index (Phi) is 3.72. The molecule has 0 saturated carbocycles. The lowest BCUT2D eigenvalue weighted by Gasteiger charge is -2.26. The van der Waals surface area contributed by atoms with Gasteiger partial charge in [-0.3, -0.25) is 4.90 Å². The van der Waals surface area contributed by atoms with E-state index in [0.717, 1.165) is 53.6 Å². The number of para-hydroxylation sites is 2. The highest BCUT2D eigenvalue weighted by Gasteiger charge is 2.20. The first-order chi connectivity index (χ1) is 12.8. The van der Waals surface area contributed by atoms with E-state index in [1.54, 1.807) is 0 Å². The van der Waals surface area contributed by atoms with Gasteiger partial charge in [0.15, 0.2) is 11.4 Å². The molecule has 0 N–H and O–H groups in total. The summed E-state index contributed by atoms with van der Waals surface area (Å²) in [5.41, 5.74) is 5.15. The summed E-state index contributed by atoms with van der Waals surface area (Å²) >= 11 is 0. The van der Waals surface area contributed by atoms with Gasteiger partial charge in [0.05, 0.1) is 12.2 Å². The molecule has 5 rings (SSSR count). The average molecular weight is 342 g/mol. The van der Waals surface area contributed by atoms with Crippen molar-refractivity contribution in [1.82, 2.24) is 19.9 Å². The van der Waals surface area contributed by atoms with Crippen LogP contribution in [0.1, 0.15) is 17.1 Å². The van der Waals surface area contributed by atoms with Crippen molar-refractivity contribution < 1.29 is 4.42 Å². The molecule has 4 aromatic rings. The van der Waals surface area contributed by atoms with Crippen molar-refractivity contribution in [2.45, 2.75) is 19.5 Å². The minimum atomic E-state index is 0.703. The standard InChI is InChI=1S/C21H18N4O/c1-2-6-15(7-3-1)21-22-12-16-13-25(11-10-17(16)24-21)14-20-23-18-8-4-5-9-19(18)26-20/h1-9,12H,10-11,13-14H2. The maximum absolute atomic E-state index is 5.85. The van der Waals surface area contributed by atoms with Crippen LogP contribution in [0.4, 0.5) is 0 Å². The van der Waals surface area contributed by atoms with E-state index in [-0.39, 0.29) is 0 Å². The fourth-order valence-electron chi connectivity index (χ4n) is 3.41. The van der Waals surface area contributed by atoms with E-state index >= 15 is 0 Å². The molecule has 128 valence electrons. The van der Waals surface area contributed by atoms with Crippen molar-refractivity contribution in [3.05, 3.63) is 77.9 Å². The zero-order valence-corrected chi connectivity index (χ0v) is 14.3. The molecular weight excluding hydrogens is 324 g/mol. The van der Waals surface area contributed by atoms with Gasteiger partial charge >= 0.3 is 0 Å². The third kappa shape index (κ3) is 2.86. The fourth-order valence-corrected chi connectivity index (χ4v) is 3.41. The third-order valence-electron chi connectivity index (χ3n) is 4.74. The van der Waals surface area contributed by atoms with E-state index in [1.807, 2.05) is 60.8 Å². The van der Waals surface area contributed by atoms with Crippen molar-refractivity contribution in [3.8, 4) is 11.4 Å². The molecule has 0 amide bonds. The largest absolute Gasteiger partial charge is 0.439 e. The molecule has 2 aromatic carbocycles. The van der Waals surface area contributed by atoms with Gasteiger partial charge in [-0.05, 0) is 12.1 Å². The molecule has 0 saturated heterocycles. The van der Waals surface area contributed by atoms with Gasteiger partial charge in [0.25, 0.3) is 0 Å². The van der Waals surface area contributed by atoms with Gasteiger partial charge in [-0.15, -0.1) is 0 Å². The average Bonchev–Trinajstić information content (AvgIpc) is 3.10. The first-order valence-corrected chi connectivity index (χ1v) is 8.82. The SMILES string of the molecule is c1ccc(-c2ncc3c(n2)CCN(Cc2nc4ccccc4o2)C3)cc1. The van der Waals surface area contributed by atoms with Crippen LogP contribution in [-0.4, -0.2) is 26.4 Å². The van der Waals surface area contributed by atoms with Gasteiger partial charge in [0.2, 0.25) is 5.89 Å². The molecule has 0 spiro atoms. The van der Waals surface area contributed by atoms with Crippen LogP contribution in [0.5, 0.6) is 0 Å². The Morgan fingerprint density at radius 1 is 0.962 bits per heavy atom. The molecule has 26 heavy (non-hydrogen) atoms. The summed E-state index contributed by atoms with van der Waals surface area (Å²) in [6.45, 7) is 2.47. The molecule has 3 heterocycles. The van der Waals surface area contributed by atoms with Crippen molar-refractivity contribution in [1.29, 1.82) is 0 Å². The minimum absolute atomic E-state index is 0.703. The van der Waals surface area contributed by atoms with Gasteiger partial charge < -0.3 is 4.42 Å². The van der Waals surface area contributed by atoms with Gasteiger partial charge in [-0.1, -0.05) is 42.5 Å². The van der Waals surface area contributed by atoms with Crippen molar-refractivity contribution in [3.63, 3.8) is 0 Å². The maximum Gasteiger partial charge on any atom is 0.209 e. The highest BCUT2D eigenvalue weighted by molar-refractivity contribution is 5.72. The summed E-state index contributed by atoms with van der Waals surface area (Å²) in [6, 6.07) is 18.0. The van der Waals surface area contributed by atoms with Crippen LogP contribution in [0, 0.1) is 0 Å². The predicted octanol–water partition coefficient (Wildman–Crippen LogP) is 3.84. The topological polar surface area (TPSA) is 55.1 Å². The first-order valence-electron chi connectivity index (χ1n) is 8.82. The Bertz CT molecular complexity index is 1030. The molecule has 5 heteroatoms. The molecule has 1 aliphatic rings. The van der Waals surface area contributed by atoms with Crippen LogP contribution in [-0.2, 0) is 19.5 Å². The number of fused-ring (bicyclic) bond motifs is 2. The summed E-state index contributed by atoms with van der Waals surface area (Å²) in [5.74, 6) is 1.56. The Morgan fingerprint density at radius 2 is 1.81 bits per heavy atom. The second kappa shape index (κ2) is 6.35. The van der Waals surface area contributed by atoms with E-state index in [4.69, 9.17) is 9.40 Å². The lowest BCUT2D eigenvalue weighted by atomic mass is 10.1. The van der Waals surface area contributed by atoms with Crippen molar-refractivity contribution >= 4 is 11.1 Å². The van der Waals surface area contributed by atoms with Gasteiger partial charge in [-0.2, -0.15) is 0 Å². The molecule has 0 radical (unpaired) electrons. The minimum Gasteiger partial charge on any atom is -0.439 e. The highest BCUT2D eigenvalue weighted by Crippen LogP contribution is 2.23. The quantitative estimate of drug-likeness (QED) is 0.566. The molecule has 0 unspecified atom stereocenters. The lowest BCUT2D eigenvalue weighted by molar-refractivity contribution is 0.221. The summed E-state index contributed by atoms with van der Waals surface area (Å²) in [4.78, 5) is 16.3. The Hall–Kier alpha value is -3.05. The number of aromatic nitrogens is 3. The second-order valence-corrected chi connectivity index (χ2v) is 6.57. The summed E-state index contributed by atoms with van der Waals surface area (Å²) in [5, 5.41) is 0. The van der Waals surface area contributed by atoms with Crippen LogP contribution >= 0.6 is 0 Å². The predicted molar refractivity (Wildman–Crippen MR) is 99.3 cm³/mol. The van der Waals surface area contributed by atoms with Crippen LogP contribution in [0.2, 0.25) is 0 Å². The first kappa shape index (κ1) is 15.2. The lowest BCUT2D eigenvalue weighted by Crippen LogP contribution is -2.31. The van der Waals surface area contributed by atoms with E-state index in [9.17, 15) is 0 Å². The van der Waals surface area contributed by atoms with Crippen LogP contribution in [0.25, 0.3) is 22.5 Å². The second-order valence-electron chi connectivity index (χ2n) is 6.57. The third-order valence-corrected chi connectivity index (χ3v) is 4.74. The number of nitrogens with zero attached hydrogens (tertiary/aromatic N) is 4. The Morgan fingerprint density at radius 3 is 2.69 bits per heavy atom. The molecular formula is C21H18N4O. The van der Waals surface area contributed by atoms with Crippen LogP contribution in [0.3, 0.4) is 0 Å². The summed E-state index contributed by atoms with van der Waals surface area (Å²) in [6.07, 6.45) is 2.88. The number of benzene rings is 2. The van der Waals surface area contributed by atoms with Gasteiger partial charge in [0.1, 0.15) is 5.52 Å². The highest BCUT2D eigenvalue weighted by atomic mass is 16.3. The Labute approximate surface area is 151 Å². The molecule has 1 aliphatic heterocycles. The number of hydrogen-bond donors (Lipinski definition) is 0. The summed E-state index contributed by atoms with van der Waals surface area (Å²) in [7, 11) is 0. The summed E-state index contributed by atoms with van der Waals surface area (Å²) < 4.78 is 5.85. The Balaban J connectivity index is 1.35.